The standard InChI is InChI=1S/C17H17Cl2NO2/c1-17(2,20-15-10-12(18)6-9-14(15)19)16(21)11-4-7-13(22-3)8-5-11/h4-10,20H,1-3H3. The Morgan fingerprint density at radius 1 is 1.09 bits per heavy atom. The first-order valence-electron chi connectivity index (χ1n) is 6.75. The van der Waals surface area contributed by atoms with Gasteiger partial charge >= 0.3 is 0 Å². The first-order chi connectivity index (χ1) is 10.3. The molecule has 0 heterocycles. The van der Waals surface area contributed by atoms with Crippen molar-refractivity contribution in [2.24, 2.45) is 0 Å². The Kier molecular flexibility index (Phi) is 4.99. The fourth-order valence-corrected chi connectivity index (χ4v) is 2.43. The van der Waals surface area contributed by atoms with Gasteiger partial charge in [-0.3, -0.25) is 4.79 Å². The van der Waals surface area contributed by atoms with Gasteiger partial charge in [0.05, 0.1) is 23.4 Å². The van der Waals surface area contributed by atoms with Crippen LogP contribution in [0.15, 0.2) is 42.5 Å². The monoisotopic (exact) mass is 337 g/mol. The molecule has 2 aromatic carbocycles. The maximum atomic E-state index is 12.7. The van der Waals surface area contributed by atoms with E-state index in [1.54, 1.807) is 63.4 Å². The minimum absolute atomic E-state index is 0.0498. The van der Waals surface area contributed by atoms with Crippen molar-refractivity contribution >= 4 is 34.7 Å². The number of carbonyl (C=O) groups is 1. The topological polar surface area (TPSA) is 38.3 Å². The number of nitrogens with one attached hydrogen (secondary N) is 1. The molecule has 5 heteroatoms. The van der Waals surface area contributed by atoms with Gasteiger partial charge < -0.3 is 10.1 Å². The van der Waals surface area contributed by atoms with Gasteiger partial charge in [0.1, 0.15) is 5.75 Å². The number of methoxy groups -OCH3 is 1. The zero-order valence-corrected chi connectivity index (χ0v) is 14.1. The Morgan fingerprint density at radius 2 is 1.73 bits per heavy atom. The number of hydrogen-bond donors (Lipinski definition) is 1. The number of hydrogen-bond acceptors (Lipinski definition) is 3. The molecular formula is C17H17Cl2NO2. The van der Waals surface area contributed by atoms with Gasteiger partial charge in [0.15, 0.2) is 5.78 Å². The molecule has 0 saturated heterocycles. The lowest BCUT2D eigenvalue weighted by Gasteiger charge is -2.27. The molecule has 22 heavy (non-hydrogen) atoms. The molecule has 0 saturated carbocycles. The van der Waals surface area contributed by atoms with E-state index in [0.717, 1.165) is 0 Å². The quantitative estimate of drug-likeness (QED) is 0.773. The van der Waals surface area contributed by atoms with Crippen LogP contribution in [0.1, 0.15) is 24.2 Å². The van der Waals surface area contributed by atoms with Crippen molar-refractivity contribution in [1.82, 2.24) is 0 Å². The van der Waals surface area contributed by atoms with Crippen LogP contribution in [0, 0.1) is 0 Å². The summed E-state index contributed by atoms with van der Waals surface area (Å²) in [6.07, 6.45) is 0. The van der Waals surface area contributed by atoms with E-state index in [1.807, 2.05) is 0 Å². The molecule has 0 atom stereocenters. The Bertz CT molecular complexity index is 682. The van der Waals surface area contributed by atoms with E-state index >= 15 is 0 Å². The van der Waals surface area contributed by atoms with Crippen LogP contribution in [-0.4, -0.2) is 18.4 Å². The molecule has 0 bridgehead atoms. The van der Waals surface area contributed by atoms with Crippen molar-refractivity contribution in [3.63, 3.8) is 0 Å². The van der Waals surface area contributed by atoms with Crippen LogP contribution in [0.25, 0.3) is 0 Å². The highest BCUT2D eigenvalue weighted by Gasteiger charge is 2.29. The van der Waals surface area contributed by atoms with Crippen LogP contribution in [0.2, 0.25) is 10.0 Å². The molecule has 0 aliphatic rings. The Labute approximate surface area is 140 Å². The van der Waals surface area contributed by atoms with Crippen molar-refractivity contribution in [2.45, 2.75) is 19.4 Å². The van der Waals surface area contributed by atoms with E-state index in [4.69, 9.17) is 27.9 Å². The van der Waals surface area contributed by atoms with E-state index in [9.17, 15) is 4.79 Å². The van der Waals surface area contributed by atoms with Gasteiger partial charge in [0.25, 0.3) is 0 Å². The molecule has 0 amide bonds. The lowest BCUT2D eigenvalue weighted by molar-refractivity contribution is 0.0927. The summed E-state index contributed by atoms with van der Waals surface area (Å²) in [6.45, 7) is 3.60. The molecule has 1 N–H and O–H groups in total. The van der Waals surface area contributed by atoms with Crippen LogP contribution in [0.5, 0.6) is 5.75 Å². The molecule has 3 nitrogen and oxygen atoms in total. The SMILES string of the molecule is COc1ccc(C(=O)C(C)(C)Nc2cc(Cl)ccc2Cl)cc1. The summed E-state index contributed by atoms with van der Waals surface area (Å²) in [5.74, 6) is 0.659. The molecule has 0 aliphatic heterocycles. The van der Waals surface area contributed by atoms with Gasteiger partial charge in [0, 0.05) is 10.6 Å². The highest BCUT2D eigenvalue weighted by Crippen LogP contribution is 2.29. The summed E-state index contributed by atoms with van der Waals surface area (Å²) < 4.78 is 5.10. The molecule has 2 rings (SSSR count). The van der Waals surface area contributed by atoms with Crippen molar-refractivity contribution in [3.05, 3.63) is 58.1 Å². The third-order valence-electron chi connectivity index (χ3n) is 3.30. The van der Waals surface area contributed by atoms with Crippen LogP contribution in [-0.2, 0) is 0 Å². The van der Waals surface area contributed by atoms with Gasteiger partial charge in [0.2, 0.25) is 0 Å². The zero-order chi connectivity index (χ0) is 16.3. The largest absolute Gasteiger partial charge is 0.497 e. The van der Waals surface area contributed by atoms with Crippen LogP contribution >= 0.6 is 23.2 Å². The minimum atomic E-state index is -0.830. The zero-order valence-electron chi connectivity index (χ0n) is 12.6. The smallest absolute Gasteiger partial charge is 0.187 e. The predicted molar refractivity (Wildman–Crippen MR) is 91.5 cm³/mol. The Balaban J connectivity index is 2.24. The summed E-state index contributed by atoms with van der Waals surface area (Å²) in [5.41, 5.74) is 0.389. The molecule has 116 valence electrons. The van der Waals surface area contributed by atoms with Crippen molar-refractivity contribution in [1.29, 1.82) is 0 Å². The summed E-state index contributed by atoms with van der Waals surface area (Å²) >= 11 is 12.1. The molecule has 0 aliphatic carbocycles. The van der Waals surface area contributed by atoms with Crippen LogP contribution < -0.4 is 10.1 Å². The predicted octanol–water partition coefficient (Wildman–Crippen LogP) is 5.08. The molecule has 2 aromatic rings. The van der Waals surface area contributed by atoms with Crippen LogP contribution in [0.4, 0.5) is 5.69 Å². The van der Waals surface area contributed by atoms with E-state index in [2.05, 4.69) is 5.32 Å². The molecule has 0 radical (unpaired) electrons. The minimum Gasteiger partial charge on any atom is -0.497 e. The van der Waals surface area contributed by atoms with Gasteiger partial charge in [-0.1, -0.05) is 23.2 Å². The maximum Gasteiger partial charge on any atom is 0.187 e. The number of ketones is 1. The molecular weight excluding hydrogens is 321 g/mol. The normalized spacial score (nSPS) is 11.1. The lowest BCUT2D eigenvalue weighted by atomic mass is 9.92. The first-order valence-corrected chi connectivity index (χ1v) is 7.51. The number of benzene rings is 2. The fraction of sp³-hybridized carbons (Fsp3) is 0.235. The van der Waals surface area contributed by atoms with Gasteiger partial charge in [-0.2, -0.15) is 0 Å². The molecule has 0 aromatic heterocycles. The van der Waals surface area contributed by atoms with Gasteiger partial charge in [-0.25, -0.2) is 0 Å². The average molecular weight is 338 g/mol. The highest BCUT2D eigenvalue weighted by molar-refractivity contribution is 6.35. The summed E-state index contributed by atoms with van der Waals surface area (Å²) in [6, 6.07) is 12.1. The third kappa shape index (κ3) is 3.73. The van der Waals surface area contributed by atoms with E-state index in [-0.39, 0.29) is 5.78 Å². The summed E-state index contributed by atoms with van der Waals surface area (Å²) in [7, 11) is 1.59. The number of ether oxygens (including phenoxy) is 1. The average Bonchev–Trinajstić information content (AvgIpc) is 2.50. The second kappa shape index (κ2) is 6.59. The highest BCUT2D eigenvalue weighted by atomic mass is 35.5. The molecule has 0 fully saturated rings. The van der Waals surface area contributed by atoms with Crippen molar-refractivity contribution in [3.8, 4) is 5.75 Å². The van der Waals surface area contributed by atoms with E-state index < -0.39 is 5.54 Å². The number of anilines is 1. The van der Waals surface area contributed by atoms with Crippen molar-refractivity contribution in [2.75, 3.05) is 12.4 Å². The van der Waals surface area contributed by atoms with Crippen LogP contribution in [0.3, 0.4) is 0 Å². The maximum absolute atomic E-state index is 12.7. The second-order valence-electron chi connectivity index (χ2n) is 5.43. The van der Waals surface area contributed by atoms with Gasteiger partial charge in [-0.15, -0.1) is 0 Å². The van der Waals surface area contributed by atoms with Gasteiger partial charge in [-0.05, 0) is 56.3 Å². The lowest BCUT2D eigenvalue weighted by Crippen LogP contribution is -2.40. The Hall–Kier alpha value is -1.71. The fourth-order valence-electron chi connectivity index (χ4n) is 2.09. The number of rotatable bonds is 5. The van der Waals surface area contributed by atoms with E-state index in [0.29, 0.717) is 27.0 Å². The third-order valence-corrected chi connectivity index (χ3v) is 3.86. The van der Waals surface area contributed by atoms with Crippen molar-refractivity contribution < 1.29 is 9.53 Å². The number of carbonyl (C=O) groups excluding carboxylic acids is 1. The summed E-state index contributed by atoms with van der Waals surface area (Å²) in [5, 5.41) is 4.23. The second-order valence-corrected chi connectivity index (χ2v) is 6.28. The molecule has 0 spiro atoms. The van der Waals surface area contributed by atoms with E-state index in [1.165, 1.54) is 0 Å². The molecule has 0 unspecified atom stereocenters. The first kappa shape index (κ1) is 16.7. The summed E-state index contributed by atoms with van der Waals surface area (Å²) in [4.78, 5) is 12.7. The number of Topliss-reactive ketones (excluding diaryl/α,β-unsaturated/α-hetero) is 1. The number of halogens is 2. The Morgan fingerprint density at radius 3 is 2.32 bits per heavy atom.